The Bertz CT molecular complexity index is 242. The summed E-state index contributed by atoms with van der Waals surface area (Å²) in [6.45, 7) is 0.111. The molecule has 1 heterocycles. The van der Waals surface area contributed by atoms with E-state index < -0.39 is 0 Å². The maximum Gasteiger partial charge on any atom is 0.0780 e. The van der Waals surface area contributed by atoms with E-state index in [1.807, 2.05) is 23.6 Å². The lowest BCUT2D eigenvalue weighted by Gasteiger charge is -1.90. The van der Waals surface area contributed by atoms with Crippen molar-refractivity contribution in [3.63, 3.8) is 0 Å². The monoisotopic (exact) mass is 188 g/mol. The largest absolute Gasteiger partial charge is 0.391 e. The minimum absolute atomic E-state index is 0.111. The van der Waals surface area contributed by atoms with Crippen LogP contribution in [0.3, 0.4) is 0 Å². The molecule has 0 aliphatic carbocycles. The summed E-state index contributed by atoms with van der Waals surface area (Å²) in [6.07, 6.45) is 3.79. The molecule has 0 unspecified atom stereocenters. The molecular weight excluding hydrogens is 180 g/mol. The second-order valence-electron chi connectivity index (χ2n) is 2.01. The van der Waals surface area contributed by atoms with Crippen molar-refractivity contribution in [2.45, 2.75) is 6.61 Å². The molecule has 0 fully saturated rings. The average Bonchev–Trinajstić information content (AvgIpc) is 2.47. The lowest BCUT2D eigenvalue weighted by atomic mass is 10.2. The van der Waals surface area contributed by atoms with Crippen LogP contribution in [-0.2, 0) is 6.61 Å². The maximum absolute atomic E-state index is 8.85. The number of hydrogen-bond acceptors (Lipinski definition) is 2. The summed E-state index contributed by atoms with van der Waals surface area (Å²) < 4.78 is 0. The summed E-state index contributed by atoms with van der Waals surface area (Å²) in [4.78, 5) is 0.992. The Hall–Kier alpha value is -0.310. The number of rotatable bonds is 3. The van der Waals surface area contributed by atoms with Crippen molar-refractivity contribution < 1.29 is 5.11 Å². The zero-order valence-electron chi connectivity index (χ0n) is 5.96. The van der Waals surface area contributed by atoms with E-state index in [0.717, 1.165) is 10.4 Å². The molecule has 1 aromatic heterocycles. The molecule has 0 aliphatic rings. The molecule has 60 valence electrons. The van der Waals surface area contributed by atoms with Crippen molar-refractivity contribution in [1.82, 2.24) is 0 Å². The molecule has 0 aromatic carbocycles. The topological polar surface area (TPSA) is 20.2 Å². The highest BCUT2D eigenvalue weighted by Crippen LogP contribution is 2.17. The summed E-state index contributed by atoms with van der Waals surface area (Å²) in [5, 5.41) is 10.8. The quantitative estimate of drug-likeness (QED) is 0.723. The van der Waals surface area contributed by atoms with Crippen LogP contribution in [0, 0.1) is 0 Å². The van der Waals surface area contributed by atoms with E-state index >= 15 is 0 Å². The molecular formula is C8H9ClOS. The highest BCUT2D eigenvalue weighted by molar-refractivity contribution is 7.10. The van der Waals surface area contributed by atoms with E-state index in [0.29, 0.717) is 5.88 Å². The van der Waals surface area contributed by atoms with E-state index in [1.165, 1.54) is 0 Å². The predicted octanol–water partition coefficient (Wildman–Crippen LogP) is 2.49. The van der Waals surface area contributed by atoms with E-state index in [4.69, 9.17) is 16.7 Å². The third-order valence-electron chi connectivity index (χ3n) is 1.31. The Morgan fingerprint density at radius 2 is 2.45 bits per heavy atom. The van der Waals surface area contributed by atoms with Crippen LogP contribution < -0.4 is 0 Å². The van der Waals surface area contributed by atoms with Gasteiger partial charge in [0.2, 0.25) is 0 Å². The number of thiophene rings is 1. The first-order valence-electron chi connectivity index (χ1n) is 3.28. The Morgan fingerprint density at radius 1 is 1.64 bits per heavy atom. The summed E-state index contributed by atoms with van der Waals surface area (Å²) in [5.74, 6) is 0.515. The van der Waals surface area contributed by atoms with Crippen molar-refractivity contribution >= 4 is 29.0 Å². The fourth-order valence-corrected chi connectivity index (χ4v) is 1.61. The minimum atomic E-state index is 0.111. The van der Waals surface area contributed by atoms with Gasteiger partial charge in [0.15, 0.2) is 0 Å². The third-order valence-corrected chi connectivity index (χ3v) is 2.41. The molecule has 0 bridgehead atoms. The van der Waals surface area contributed by atoms with Gasteiger partial charge in [-0.1, -0.05) is 12.2 Å². The highest BCUT2D eigenvalue weighted by Gasteiger charge is 1.97. The number of alkyl halides is 1. The van der Waals surface area contributed by atoms with E-state index in [2.05, 4.69) is 0 Å². The van der Waals surface area contributed by atoms with Gasteiger partial charge in [0.05, 0.1) is 6.61 Å². The van der Waals surface area contributed by atoms with Crippen LogP contribution >= 0.6 is 22.9 Å². The molecule has 3 heteroatoms. The molecule has 1 aromatic rings. The Kier molecular flexibility index (Phi) is 3.63. The van der Waals surface area contributed by atoms with Crippen LogP contribution in [0.2, 0.25) is 0 Å². The molecule has 0 amide bonds. The van der Waals surface area contributed by atoms with Gasteiger partial charge >= 0.3 is 0 Å². The van der Waals surface area contributed by atoms with Gasteiger partial charge < -0.3 is 5.11 Å². The van der Waals surface area contributed by atoms with Gasteiger partial charge in [0, 0.05) is 10.8 Å². The lowest BCUT2D eigenvalue weighted by Crippen LogP contribution is -1.78. The van der Waals surface area contributed by atoms with Gasteiger partial charge in [0.1, 0.15) is 0 Å². The number of hydrogen-bond donors (Lipinski definition) is 1. The van der Waals surface area contributed by atoms with Gasteiger partial charge in [-0.05, 0) is 17.0 Å². The average molecular weight is 189 g/mol. The third kappa shape index (κ3) is 2.33. The van der Waals surface area contributed by atoms with Gasteiger partial charge in [0.25, 0.3) is 0 Å². The normalized spacial score (nSPS) is 11.1. The molecule has 1 rings (SSSR count). The van der Waals surface area contributed by atoms with Crippen LogP contribution in [-0.4, -0.2) is 11.0 Å². The fourth-order valence-electron chi connectivity index (χ4n) is 0.799. The first-order valence-corrected chi connectivity index (χ1v) is 4.69. The lowest BCUT2D eigenvalue weighted by molar-refractivity contribution is 0.285. The molecule has 0 radical (unpaired) electrons. The Balaban J connectivity index is 2.76. The van der Waals surface area contributed by atoms with Gasteiger partial charge in [-0.3, -0.25) is 0 Å². The standard InChI is InChI=1S/C8H9ClOS/c9-4-1-2-7-3-5-11-8(7)6-10/h1-3,5,10H,4,6H2. The first-order chi connectivity index (χ1) is 5.38. The van der Waals surface area contributed by atoms with Crippen LogP contribution in [0.1, 0.15) is 10.4 Å². The molecule has 11 heavy (non-hydrogen) atoms. The van der Waals surface area contributed by atoms with Crippen LogP contribution in [0.25, 0.3) is 6.08 Å². The van der Waals surface area contributed by atoms with Crippen LogP contribution in [0.4, 0.5) is 0 Å². The molecule has 0 spiro atoms. The summed E-state index contributed by atoms with van der Waals surface area (Å²) in [5.41, 5.74) is 1.07. The van der Waals surface area contributed by atoms with Gasteiger partial charge in [-0.15, -0.1) is 22.9 Å². The molecule has 0 atom stereocenters. The number of aliphatic hydroxyl groups excluding tert-OH is 1. The van der Waals surface area contributed by atoms with Crippen LogP contribution in [0.15, 0.2) is 17.5 Å². The molecule has 0 saturated carbocycles. The van der Waals surface area contributed by atoms with Gasteiger partial charge in [-0.25, -0.2) is 0 Å². The number of halogens is 1. The molecule has 0 saturated heterocycles. The number of aliphatic hydroxyl groups is 1. The summed E-state index contributed by atoms with van der Waals surface area (Å²) in [7, 11) is 0. The SMILES string of the molecule is OCc1sccc1C=CCCl. The smallest absolute Gasteiger partial charge is 0.0780 e. The first kappa shape index (κ1) is 8.78. The van der Waals surface area contributed by atoms with Crippen molar-refractivity contribution in [3.8, 4) is 0 Å². The Labute approximate surface area is 74.9 Å². The molecule has 0 aliphatic heterocycles. The minimum Gasteiger partial charge on any atom is -0.391 e. The van der Waals surface area contributed by atoms with Crippen molar-refractivity contribution in [2.24, 2.45) is 0 Å². The number of allylic oxidation sites excluding steroid dienone is 1. The maximum atomic E-state index is 8.85. The van der Waals surface area contributed by atoms with E-state index in [1.54, 1.807) is 11.3 Å². The summed E-state index contributed by atoms with van der Waals surface area (Å²) >= 11 is 7.02. The van der Waals surface area contributed by atoms with E-state index in [-0.39, 0.29) is 6.61 Å². The second-order valence-corrected chi connectivity index (χ2v) is 3.32. The Morgan fingerprint density at radius 3 is 3.09 bits per heavy atom. The van der Waals surface area contributed by atoms with Crippen molar-refractivity contribution in [2.75, 3.05) is 5.88 Å². The highest BCUT2D eigenvalue weighted by atomic mass is 35.5. The van der Waals surface area contributed by atoms with E-state index in [9.17, 15) is 0 Å². The van der Waals surface area contributed by atoms with Gasteiger partial charge in [-0.2, -0.15) is 0 Å². The summed E-state index contributed by atoms with van der Waals surface area (Å²) in [6, 6.07) is 1.97. The van der Waals surface area contributed by atoms with Crippen molar-refractivity contribution in [3.05, 3.63) is 28.0 Å². The molecule has 1 nitrogen and oxygen atoms in total. The second kappa shape index (κ2) is 4.54. The predicted molar refractivity (Wildman–Crippen MR) is 50.0 cm³/mol. The van der Waals surface area contributed by atoms with Crippen LogP contribution in [0.5, 0.6) is 0 Å². The zero-order valence-corrected chi connectivity index (χ0v) is 7.53. The zero-order chi connectivity index (χ0) is 8.10. The van der Waals surface area contributed by atoms with Crippen molar-refractivity contribution in [1.29, 1.82) is 0 Å². The molecule has 1 N–H and O–H groups in total. The fraction of sp³-hybridized carbons (Fsp3) is 0.250.